The van der Waals surface area contributed by atoms with E-state index in [4.69, 9.17) is 5.73 Å². The quantitative estimate of drug-likeness (QED) is 0.538. The molecule has 144 valence electrons. The van der Waals surface area contributed by atoms with Crippen molar-refractivity contribution in [2.45, 2.75) is 17.6 Å². The molecule has 0 saturated heterocycles. The second-order valence-corrected chi connectivity index (χ2v) is 8.75. The number of aromatic amines is 1. The van der Waals surface area contributed by atoms with Crippen molar-refractivity contribution >= 4 is 26.6 Å². The van der Waals surface area contributed by atoms with Crippen LogP contribution in [0.5, 0.6) is 0 Å². The van der Waals surface area contributed by atoms with Gasteiger partial charge in [0.25, 0.3) is 0 Å². The van der Waals surface area contributed by atoms with Crippen molar-refractivity contribution < 1.29 is 8.42 Å². The van der Waals surface area contributed by atoms with Crippen LogP contribution in [0.25, 0.3) is 22.2 Å². The summed E-state index contributed by atoms with van der Waals surface area (Å²) in [5, 5.41) is 16.8. The first-order valence-corrected chi connectivity index (χ1v) is 10.4. The summed E-state index contributed by atoms with van der Waals surface area (Å²) < 4.78 is 25.7. The molecule has 4 rings (SSSR count). The molecule has 0 saturated carbocycles. The maximum Gasteiger partial charge on any atom is 0.183 e. The molecule has 2 aromatic carbocycles. The summed E-state index contributed by atoms with van der Waals surface area (Å²) in [6, 6.07) is 15.7. The second kappa shape index (κ2) is 7.04. The van der Waals surface area contributed by atoms with Crippen molar-refractivity contribution in [3.05, 3.63) is 71.4 Å². The Kier molecular flexibility index (Phi) is 4.53. The van der Waals surface area contributed by atoms with E-state index in [1.54, 1.807) is 31.3 Å². The topological polar surface area (TPSA) is 126 Å². The van der Waals surface area contributed by atoms with E-state index in [-0.39, 0.29) is 16.2 Å². The summed E-state index contributed by atoms with van der Waals surface area (Å²) in [5.41, 5.74) is 9.68. The number of hydrogen-bond donors (Lipinski definition) is 2. The maximum atomic E-state index is 12.9. The van der Waals surface area contributed by atoms with E-state index >= 15 is 0 Å². The van der Waals surface area contributed by atoms with Gasteiger partial charge in [0.2, 0.25) is 0 Å². The first-order chi connectivity index (χ1) is 13.9. The zero-order chi connectivity index (χ0) is 20.6. The number of benzene rings is 2. The van der Waals surface area contributed by atoms with Crippen molar-refractivity contribution in [3.63, 3.8) is 0 Å². The Morgan fingerprint density at radius 2 is 1.90 bits per heavy atom. The first kappa shape index (κ1) is 18.7. The highest BCUT2D eigenvalue weighted by Gasteiger charge is 2.20. The number of hydrogen-bond acceptors (Lipinski definition) is 6. The summed E-state index contributed by atoms with van der Waals surface area (Å²) in [6.45, 7) is 1.80. The van der Waals surface area contributed by atoms with Crippen LogP contribution in [-0.2, 0) is 15.6 Å². The molecule has 4 aromatic rings. The Balaban J connectivity index is 1.62. The number of nitrogens with one attached hydrogen (secondary N) is 1. The molecule has 0 unspecified atom stereocenters. The molecule has 0 fully saturated rings. The highest BCUT2D eigenvalue weighted by Crippen LogP contribution is 2.26. The molecule has 0 amide bonds. The van der Waals surface area contributed by atoms with Crippen LogP contribution in [0, 0.1) is 18.3 Å². The Morgan fingerprint density at radius 3 is 2.62 bits per heavy atom. The first-order valence-electron chi connectivity index (χ1n) is 8.80. The molecule has 2 aromatic heterocycles. The van der Waals surface area contributed by atoms with Gasteiger partial charge in [0.1, 0.15) is 6.07 Å². The number of nitrogens with two attached hydrogens (primary N) is 1. The number of pyridine rings is 1. The molecule has 0 bridgehead atoms. The smallest absolute Gasteiger partial charge is 0.183 e. The molecule has 29 heavy (non-hydrogen) atoms. The molecule has 8 heteroatoms. The average Bonchev–Trinajstić information content (AvgIpc) is 3.08. The fourth-order valence-corrected chi connectivity index (χ4v) is 4.74. The van der Waals surface area contributed by atoms with E-state index in [2.05, 4.69) is 15.2 Å². The van der Waals surface area contributed by atoms with Gasteiger partial charge in [-0.15, -0.1) is 0 Å². The third-order valence-corrected chi connectivity index (χ3v) is 6.40. The van der Waals surface area contributed by atoms with Crippen molar-refractivity contribution in [2.24, 2.45) is 0 Å². The number of H-pyrrole nitrogens is 1. The number of aryl methyl sites for hydroxylation is 1. The molecule has 0 aliphatic rings. The van der Waals surface area contributed by atoms with Crippen molar-refractivity contribution in [2.75, 3.05) is 5.73 Å². The van der Waals surface area contributed by atoms with Crippen LogP contribution in [0.2, 0.25) is 0 Å². The number of anilines is 1. The molecule has 2 heterocycles. The number of nitrogen functional groups attached to an aromatic ring is 1. The van der Waals surface area contributed by atoms with Gasteiger partial charge < -0.3 is 5.73 Å². The molecule has 0 radical (unpaired) electrons. The molecule has 0 spiro atoms. The number of aromatic nitrogens is 3. The lowest BCUT2D eigenvalue weighted by Gasteiger charge is -2.08. The number of nitriles is 1. The van der Waals surface area contributed by atoms with Gasteiger partial charge in [0, 0.05) is 11.8 Å². The van der Waals surface area contributed by atoms with Gasteiger partial charge in [-0.05, 0) is 36.2 Å². The highest BCUT2D eigenvalue weighted by molar-refractivity contribution is 7.90. The number of rotatable bonds is 4. The van der Waals surface area contributed by atoms with Gasteiger partial charge in [-0.1, -0.05) is 30.3 Å². The molecular weight excluding hydrogens is 386 g/mol. The summed E-state index contributed by atoms with van der Waals surface area (Å²) in [7, 11) is -3.65. The molecular formula is C21H17N5O2S. The Hall–Kier alpha value is -3.70. The van der Waals surface area contributed by atoms with Crippen LogP contribution in [0.1, 0.15) is 16.7 Å². The average molecular weight is 403 g/mol. The number of fused-ring (bicyclic) bond motifs is 1. The fraction of sp³-hybridized carbons (Fsp3) is 0.0952. The predicted molar refractivity (Wildman–Crippen MR) is 111 cm³/mol. The Labute approximate surface area is 167 Å². The highest BCUT2D eigenvalue weighted by atomic mass is 32.2. The van der Waals surface area contributed by atoms with Crippen LogP contribution >= 0.6 is 0 Å². The maximum absolute atomic E-state index is 12.9. The molecule has 7 nitrogen and oxygen atoms in total. The SMILES string of the molecule is Cc1ccc(C#N)c(S(=O)(=O)Cc2ccc(-c3cc4[nH]nc(N)c4cn3)cc2)c1. The van der Waals surface area contributed by atoms with Crippen molar-refractivity contribution in [1.29, 1.82) is 5.26 Å². The van der Waals surface area contributed by atoms with Gasteiger partial charge in [-0.25, -0.2) is 8.42 Å². The minimum absolute atomic E-state index is 0.0630. The van der Waals surface area contributed by atoms with Crippen LogP contribution in [0.15, 0.2) is 59.6 Å². The monoisotopic (exact) mass is 403 g/mol. The van der Waals surface area contributed by atoms with E-state index < -0.39 is 9.84 Å². The lowest BCUT2D eigenvalue weighted by atomic mass is 10.1. The minimum atomic E-state index is -3.65. The van der Waals surface area contributed by atoms with E-state index in [0.717, 1.165) is 27.7 Å². The predicted octanol–water partition coefficient (Wildman–Crippen LogP) is 3.36. The summed E-state index contributed by atoms with van der Waals surface area (Å²) in [6.07, 6.45) is 1.66. The number of nitrogens with zero attached hydrogens (tertiary/aromatic N) is 3. The lowest BCUT2D eigenvalue weighted by molar-refractivity contribution is 0.595. The van der Waals surface area contributed by atoms with Gasteiger partial charge in [-0.2, -0.15) is 10.4 Å². The van der Waals surface area contributed by atoms with Gasteiger partial charge in [-0.3, -0.25) is 10.1 Å². The van der Waals surface area contributed by atoms with Gasteiger partial charge in [0.05, 0.1) is 32.8 Å². The largest absolute Gasteiger partial charge is 0.382 e. The second-order valence-electron chi connectivity index (χ2n) is 6.79. The van der Waals surface area contributed by atoms with E-state index in [0.29, 0.717) is 11.4 Å². The molecule has 0 atom stereocenters. The zero-order valence-corrected chi connectivity index (χ0v) is 16.4. The van der Waals surface area contributed by atoms with Crippen molar-refractivity contribution in [3.8, 4) is 17.3 Å². The van der Waals surface area contributed by atoms with Crippen LogP contribution < -0.4 is 5.73 Å². The molecule has 0 aliphatic heterocycles. The Bertz CT molecular complexity index is 1370. The molecule has 0 aliphatic carbocycles. The van der Waals surface area contributed by atoms with E-state index in [1.807, 2.05) is 24.3 Å². The molecule has 3 N–H and O–H groups in total. The van der Waals surface area contributed by atoms with Gasteiger partial charge >= 0.3 is 0 Å². The summed E-state index contributed by atoms with van der Waals surface area (Å²) in [4.78, 5) is 4.46. The third kappa shape index (κ3) is 3.56. The Morgan fingerprint density at radius 1 is 1.14 bits per heavy atom. The van der Waals surface area contributed by atoms with Crippen LogP contribution in [0.4, 0.5) is 5.82 Å². The fourth-order valence-electron chi connectivity index (χ4n) is 3.14. The number of sulfone groups is 1. The normalized spacial score (nSPS) is 11.4. The van der Waals surface area contributed by atoms with Crippen LogP contribution in [-0.4, -0.2) is 23.6 Å². The third-order valence-electron chi connectivity index (χ3n) is 4.68. The van der Waals surface area contributed by atoms with Crippen LogP contribution in [0.3, 0.4) is 0 Å². The van der Waals surface area contributed by atoms with E-state index in [1.165, 1.54) is 12.1 Å². The zero-order valence-electron chi connectivity index (χ0n) is 15.5. The minimum Gasteiger partial charge on any atom is -0.382 e. The summed E-state index contributed by atoms with van der Waals surface area (Å²) in [5.74, 6) is 0.210. The van der Waals surface area contributed by atoms with Crippen molar-refractivity contribution in [1.82, 2.24) is 15.2 Å². The van der Waals surface area contributed by atoms with Gasteiger partial charge in [0.15, 0.2) is 15.7 Å². The standard InChI is InChI=1S/C21H17N5O2S/c1-13-2-5-16(10-22)20(8-13)29(27,28)12-14-3-6-15(7-4-14)18-9-19-17(11-24-18)21(23)26-25-19/h2-9,11H,12H2,1H3,(H3,23,25,26). The van der Waals surface area contributed by atoms with E-state index in [9.17, 15) is 13.7 Å². The summed E-state index contributed by atoms with van der Waals surface area (Å²) >= 11 is 0. The lowest BCUT2D eigenvalue weighted by Crippen LogP contribution is -2.07.